The molecule has 1 aromatic rings. The lowest BCUT2D eigenvalue weighted by Gasteiger charge is -2.31. The van der Waals surface area contributed by atoms with E-state index in [1.54, 1.807) is 0 Å². The minimum absolute atomic E-state index is 0.493. The summed E-state index contributed by atoms with van der Waals surface area (Å²) in [5.74, 6) is 0. The van der Waals surface area contributed by atoms with E-state index in [-0.39, 0.29) is 0 Å². The number of benzene rings is 1. The molecular weight excluding hydrogens is 325 g/mol. The summed E-state index contributed by atoms with van der Waals surface area (Å²) in [5.41, 5.74) is 1.42. The maximum absolute atomic E-state index is 5.67. The largest absolute Gasteiger partial charge is 0.378 e. The summed E-state index contributed by atoms with van der Waals surface area (Å²) in [6.07, 6.45) is 2.85. The van der Waals surface area contributed by atoms with Crippen molar-refractivity contribution in [1.29, 1.82) is 0 Å². The average molecular weight is 345 g/mol. The van der Waals surface area contributed by atoms with Gasteiger partial charge in [-0.05, 0) is 60.1 Å². The molecule has 2 rings (SSSR count). The van der Waals surface area contributed by atoms with Crippen LogP contribution in [0.2, 0.25) is 0 Å². The van der Waals surface area contributed by atoms with Gasteiger partial charge < -0.3 is 4.74 Å². The Bertz CT molecular complexity index is 331. The second-order valence-electron chi connectivity index (χ2n) is 4.56. The van der Waals surface area contributed by atoms with Crippen molar-refractivity contribution in [2.24, 2.45) is 0 Å². The minimum Gasteiger partial charge on any atom is -0.378 e. The van der Waals surface area contributed by atoms with E-state index in [9.17, 15) is 0 Å². The molecule has 0 atom stereocenters. The third kappa shape index (κ3) is 4.23. The first-order chi connectivity index (χ1) is 8.28. The van der Waals surface area contributed by atoms with Crippen LogP contribution in [-0.2, 0) is 11.3 Å². The highest BCUT2D eigenvalue weighted by Crippen LogP contribution is 2.16. The Morgan fingerprint density at radius 2 is 1.88 bits per heavy atom. The molecule has 0 N–H and O–H groups in total. The predicted octanol–water partition coefficient (Wildman–Crippen LogP) is 3.29. The molecule has 2 nitrogen and oxygen atoms in total. The first kappa shape index (κ1) is 13.3. The van der Waals surface area contributed by atoms with E-state index in [4.69, 9.17) is 4.74 Å². The highest BCUT2D eigenvalue weighted by Gasteiger charge is 2.18. The Labute approximate surface area is 117 Å². The number of ether oxygens (including phenoxy) is 1. The zero-order chi connectivity index (χ0) is 12.1. The Hall–Kier alpha value is -0.130. The van der Waals surface area contributed by atoms with Gasteiger partial charge in [0.2, 0.25) is 0 Å². The second-order valence-corrected chi connectivity index (χ2v) is 5.80. The zero-order valence-corrected chi connectivity index (χ0v) is 12.5. The van der Waals surface area contributed by atoms with Crippen molar-refractivity contribution in [3.63, 3.8) is 0 Å². The second kappa shape index (κ2) is 6.71. The molecule has 1 saturated heterocycles. The molecule has 1 aromatic carbocycles. The Morgan fingerprint density at radius 3 is 2.47 bits per heavy atom. The quantitative estimate of drug-likeness (QED) is 0.777. The van der Waals surface area contributed by atoms with Crippen LogP contribution < -0.4 is 0 Å². The van der Waals surface area contributed by atoms with E-state index in [0.29, 0.717) is 6.10 Å². The molecule has 0 radical (unpaired) electrons. The fourth-order valence-corrected chi connectivity index (χ4v) is 2.68. The molecule has 1 fully saturated rings. The fraction of sp³-hybridized carbons (Fsp3) is 0.571. The summed E-state index contributed by atoms with van der Waals surface area (Å²) < 4.78 is 6.98. The fourth-order valence-electron chi connectivity index (χ4n) is 2.32. The van der Waals surface area contributed by atoms with Gasteiger partial charge in [-0.2, -0.15) is 0 Å². The number of rotatable bonds is 4. The summed E-state index contributed by atoms with van der Waals surface area (Å²) in [6, 6.07) is 8.83. The van der Waals surface area contributed by atoms with Gasteiger partial charge >= 0.3 is 0 Å². The van der Waals surface area contributed by atoms with Gasteiger partial charge in [0, 0.05) is 29.8 Å². The van der Waals surface area contributed by atoms with Crippen molar-refractivity contribution in [3.8, 4) is 0 Å². The van der Waals surface area contributed by atoms with E-state index >= 15 is 0 Å². The van der Waals surface area contributed by atoms with Crippen molar-refractivity contribution < 1.29 is 4.74 Å². The summed E-state index contributed by atoms with van der Waals surface area (Å²) in [5, 5.41) is 0. The van der Waals surface area contributed by atoms with Gasteiger partial charge in [-0.25, -0.2) is 0 Å². The molecule has 0 aliphatic carbocycles. The lowest BCUT2D eigenvalue weighted by Crippen LogP contribution is -2.36. The van der Waals surface area contributed by atoms with Crippen LogP contribution in [0.1, 0.15) is 25.3 Å². The van der Waals surface area contributed by atoms with Gasteiger partial charge in [0.25, 0.3) is 0 Å². The minimum atomic E-state index is 0.493. The molecule has 1 aliphatic rings. The molecule has 0 amide bonds. The smallest absolute Gasteiger partial charge is 0.0599 e. The van der Waals surface area contributed by atoms with E-state index < -0.39 is 0 Å². The normalized spacial score (nSPS) is 18.5. The molecule has 3 heteroatoms. The summed E-state index contributed by atoms with van der Waals surface area (Å²) in [4.78, 5) is 2.53. The SMILES string of the molecule is CCOC1CCN(Cc2ccc(I)cc2)CC1. The average Bonchev–Trinajstić information content (AvgIpc) is 2.35. The van der Waals surface area contributed by atoms with Crippen LogP contribution in [0.25, 0.3) is 0 Å². The van der Waals surface area contributed by atoms with Crippen molar-refractivity contribution in [2.75, 3.05) is 19.7 Å². The standard InChI is InChI=1S/C14H20INO/c1-2-17-14-7-9-16(10-8-14)11-12-3-5-13(15)6-4-12/h3-6,14H,2,7-11H2,1H3. The van der Waals surface area contributed by atoms with Gasteiger partial charge in [-0.1, -0.05) is 12.1 Å². The lowest BCUT2D eigenvalue weighted by molar-refractivity contribution is 0.0125. The van der Waals surface area contributed by atoms with E-state index in [1.807, 2.05) is 0 Å². The molecule has 0 unspecified atom stereocenters. The molecule has 1 aliphatic heterocycles. The first-order valence-corrected chi connectivity index (χ1v) is 7.44. The number of hydrogen-bond acceptors (Lipinski definition) is 2. The number of nitrogens with zero attached hydrogens (tertiary/aromatic N) is 1. The maximum atomic E-state index is 5.67. The van der Waals surface area contributed by atoms with E-state index in [1.165, 1.54) is 22.0 Å². The van der Waals surface area contributed by atoms with Gasteiger partial charge in [-0.3, -0.25) is 4.90 Å². The van der Waals surface area contributed by atoms with Crippen LogP contribution in [0.3, 0.4) is 0 Å². The highest BCUT2D eigenvalue weighted by atomic mass is 127. The molecule has 94 valence electrons. The van der Waals surface area contributed by atoms with Crippen LogP contribution in [0, 0.1) is 3.57 Å². The van der Waals surface area contributed by atoms with Crippen LogP contribution >= 0.6 is 22.6 Å². The highest BCUT2D eigenvalue weighted by molar-refractivity contribution is 14.1. The predicted molar refractivity (Wildman–Crippen MR) is 79.1 cm³/mol. The third-order valence-corrected chi connectivity index (χ3v) is 3.98. The Balaban J connectivity index is 1.79. The van der Waals surface area contributed by atoms with Gasteiger partial charge in [0.15, 0.2) is 0 Å². The van der Waals surface area contributed by atoms with E-state index in [0.717, 1.165) is 26.2 Å². The van der Waals surface area contributed by atoms with Crippen LogP contribution in [-0.4, -0.2) is 30.7 Å². The molecule has 0 aromatic heterocycles. The molecule has 17 heavy (non-hydrogen) atoms. The summed E-state index contributed by atoms with van der Waals surface area (Å²) >= 11 is 2.35. The van der Waals surface area contributed by atoms with Crippen molar-refractivity contribution in [2.45, 2.75) is 32.4 Å². The number of halogens is 1. The monoisotopic (exact) mass is 345 g/mol. The summed E-state index contributed by atoms with van der Waals surface area (Å²) in [6.45, 7) is 6.34. The van der Waals surface area contributed by atoms with Crippen LogP contribution in [0.5, 0.6) is 0 Å². The summed E-state index contributed by atoms with van der Waals surface area (Å²) in [7, 11) is 0. The number of piperidine rings is 1. The Kier molecular flexibility index (Phi) is 5.25. The first-order valence-electron chi connectivity index (χ1n) is 6.36. The molecule has 1 heterocycles. The Morgan fingerprint density at radius 1 is 1.24 bits per heavy atom. The third-order valence-electron chi connectivity index (χ3n) is 3.26. The van der Waals surface area contributed by atoms with Gasteiger partial charge in [-0.15, -0.1) is 0 Å². The van der Waals surface area contributed by atoms with Gasteiger partial charge in [0.05, 0.1) is 6.10 Å². The topological polar surface area (TPSA) is 12.5 Å². The van der Waals surface area contributed by atoms with Crippen molar-refractivity contribution >= 4 is 22.6 Å². The van der Waals surface area contributed by atoms with Crippen LogP contribution in [0.15, 0.2) is 24.3 Å². The lowest BCUT2D eigenvalue weighted by atomic mass is 10.1. The van der Waals surface area contributed by atoms with Gasteiger partial charge in [0.1, 0.15) is 0 Å². The van der Waals surface area contributed by atoms with Crippen LogP contribution in [0.4, 0.5) is 0 Å². The number of likely N-dealkylation sites (tertiary alicyclic amines) is 1. The van der Waals surface area contributed by atoms with Crippen molar-refractivity contribution in [3.05, 3.63) is 33.4 Å². The molecule has 0 bridgehead atoms. The zero-order valence-electron chi connectivity index (χ0n) is 10.4. The maximum Gasteiger partial charge on any atom is 0.0599 e. The number of hydrogen-bond donors (Lipinski definition) is 0. The molecule has 0 saturated carbocycles. The molecular formula is C14H20INO. The van der Waals surface area contributed by atoms with E-state index in [2.05, 4.69) is 58.7 Å². The van der Waals surface area contributed by atoms with Crippen molar-refractivity contribution in [1.82, 2.24) is 4.90 Å². The molecule has 0 spiro atoms.